The molecule has 2 aromatic carbocycles. The van der Waals surface area contributed by atoms with Crippen molar-refractivity contribution in [1.82, 2.24) is 9.97 Å². The summed E-state index contributed by atoms with van der Waals surface area (Å²) in [7, 11) is 0. The molecule has 156 valence electrons. The number of nitrogens with two attached hydrogens (primary N) is 1. The first-order chi connectivity index (χ1) is 15.0. The zero-order valence-corrected chi connectivity index (χ0v) is 17.7. The van der Waals surface area contributed by atoms with Crippen LogP contribution in [0.3, 0.4) is 0 Å². The summed E-state index contributed by atoms with van der Waals surface area (Å²) < 4.78 is 0. The van der Waals surface area contributed by atoms with Crippen LogP contribution in [0.4, 0.5) is 11.4 Å². The molecule has 0 aliphatic heterocycles. The highest BCUT2D eigenvalue weighted by atomic mass is 32.1. The molecular formula is C23H21N5O2S. The van der Waals surface area contributed by atoms with Crippen molar-refractivity contribution in [2.45, 2.75) is 13.5 Å². The fourth-order valence-electron chi connectivity index (χ4n) is 3.56. The van der Waals surface area contributed by atoms with E-state index < -0.39 is 0 Å². The minimum atomic E-state index is -0.300. The van der Waals surface area contributed by atoms with Gasteiger partial charge < -0.3 is 21.4 Å². The lowest BCUT2D eigenvalue weighted by atomic mass is 9.94. The number of thiazole rings is 1. The van der Waals surface area contributed by atoms with Crippen molar-refractivity contribution in [2.75, 3.05) is 10.6 Å². The van der Waals surface area contributed by atoms with E-state index in [1.807, 2.05) is 37.3 Å². The number of hydrogen-bond acceptors (Lipinski definition) is 5. The number of amides is 2. The van der Waals surface area contributed by atoms with E-state index in [4.69, 9.17) is 5.73 Å². The number of nitrogens with one attached hydrogen (secondary N) is 3. The Labute approximate surface area is 183 Å². The Hall–Kier alpha value is -3.75. The first kappa shape index (κ1) is 20.5. The second kappa shape index (κ2) is 8.55. The van der Waals surface area contributed by atoms with E-state index in [1.165, 1.54) is 17.4 Å². The number of hydrogen-bond donors (Lipinski definition) is 4. The molecule has 2 heterocycles. The predicted octanol–water partition coefficient (Wildman–Crippen LogP) is 4.44. The van der Waals surface area contributed by atoms with Crippen LogP contribution in [0.1, 0.15) is 20.9 Å². The average molecular weight is 432 g/mol. The summed E-state index contributed by atoms with van der Waals surface area (Å²) in [5, 5.41) is 8.81. The molecule has 4 rings (SSSR count). The van der Waals surface area contributed by atoms with Crippen LogP contribution in [0.2, 0.25) is 0 Å². The standard InChI is InChI=1S/C23H21N5O2S/c1-3-19(29)27-18-12-26-21-14(11-24)7-8-16(20(18)21)15-5-4-6-17(13(15)2)28-22(30)23-25-9-10-31-23/h3-10,12,26H,1,11,24H2,2H3,(H,27,29)(H,28,30). The Balaban J connectivity index is 1.83. The minimum absolute atomic E-state index is 0.251. The smallest absolute Gasteiger partial charge is 0.284 e. The van der Waals surface area contributed by atoms with Crippen molar-refractivity contribution in [3.63, 3.8) is 0 Å². The molecule has 2 aromatic heterocycles. The van der Waals surface area contributed by atoms with Gasteiger partial charge in [-0.15, -0.1) is 11.3 Å². The van der Waals surface area contributed by atoms with E-state index in [1.54, 1.807) is 17.8 Å². The van der Waals surface area contributed by atoms with E-state index in [2.05, 4.69) is 27.2 Å². The van der Waals surface area contributed by atoms with Crippen molar-refractivity contribution in [2.24, 2.45) is 5.73 Å². The quantitative estimate of drug-likeness (QED) is 0.338. The lowest BCUT2D eigenvalue weighted by molar-refractivity contribution is -0.111. The molecule has 7 nitrogen and oxygen atoms in total. The van der Waals surface area contributed by atoms with Gasteiger partial charge in [-0.3, -0.25) is 9.59 Å². The maximum Gasteiger partial charge on any atom is 0.284 e. The van der Waals surface area contributed by atoms with Gasteiger partial charge >= 0.3 is 0 Å². The summed E-state index contributed by atoms with van der Waals surface area (Å²) in [4.78, 5) is 31.8. The molecular weight excluding hydrogens is 410 g/mol. The Morgan fingerprint density at radius 1 is 1.19 bits per heavy atom. The van der Waals surface area contributed by atoms with Gasteiger partial charge in [0.1, 0.15) is 0 Å². The molecule has 0 unspecified atom stereocenters. The van der Waals surface area contributed by atoms with Crippen LogP contribution >= 0.6 is 11.3 Å². The molecule has 0 atom stereocenters. The summed E-state index contributed by atoms with van der Waals surface area (Å²) in [6.07, 6.45) is 4.58. The zero-order chi connectivity index (χ0) is 22.0. The van der Waals surface area contributed by atoms with Gasteiger partial charge in [0.05, 0.1) is 11.2 Å². The molecule has 31 heavy (non-hydrogen) atoms. The van der Waals surface area contributed by atoms with Crippen LogP contribution in [0.5, 0.6) is 0 Å². The number of benzene rings is 2. The number of carbonyl (C=O) groups is 2. The third kappa shape index (κ3) is 3.86. The first-order valence-electron chi connectivity index (χ1n) is 9.60. The van der Waals surface area contributed by atoms with Crippen molar-refractivity contribution in [3.05, 3.63) is 76.9 Å². The van der Waals surface area contributed by atoms with E-state index >= 15 is 0 Å². The lowest BCUT2D eigenvalue weighted by Crippen LogP contribution is -2.12. The largest absolute Gasteiger partial charge is 0.359 e. The number of anilines is 2. The first-order valence-corrected chi connectivity index (χ1v) is 10.5. The van der Waals surface area contributed by atoms with Crippen LogP contribution in [0.25, 0.3) is 22.0 Å². The van der Waals surface area contributed by atoms with Crippen LogP contribution in [0, 0.1) is 6.92 Å². The van der Waals surface area contributed by atoms with Gasteiger partial charge in [0.15, 0.2) is 5.01 Å². The number of aromatic nitrogens is 2. The van der Waals surface area contributed by atoms with E-state index in [9.17, 15) is 9.59 Å². The highest BCUT2D eigenvalue weighted by Gasteiger charge is 2.18. The second-order valence-corrected chi connectivity index (χ2v) is 7.79. The summed E-state index contributed by atoms with van der Waals surface area (Å²) in [6, 6.07) is 9.67. The van der Waals surface area contributed by atoms with Gasteiger partial charge in [0, 0.05) is 35.4 Å². The maximum absolute atomic E-state index is 12.5. The fraction of sp³-hybridized carbons (Fsp3) is 0.0870. The number of rotatable bonds is 6. The van der Waals surface area contributed by atoms with Crippen molar-refractivity contribution in [3.8, 4) is 11.1 Å². The van der Waals surface area contributed by atoms with Crippen molar-refractivity contribution in [1.29, 1.82) is 0 Å². The second-order valence-electron chi connectivity index (χ2n) is 6.89. The third-order valence-corrected chi connectivity index (χ3v) is 5.86. The van der Waals surface area contributed by atoms with Gasteiger partial charge in [-0.05, 0) is 41.3 Å². The fourth-order valence-corrected chi connectivity index (χ4v) is 4.09. The molecule has 2 amide bonds. The molecule has 0 saturated heterocycles. The van der Waals surface area contributed by atoms with Gasteiger partial charge in [0.2, 0.25) is 5.91 Å². The molecule has 0 aliphatic carbocycles. The maximum atomic E-state index is 12.5. The molecule has 0 bridgehead atoms. The lowest BCUT2D eigenvalue weighted by Gasteiger charge is -2.15. The van der Waals surface area contributed by atoms with E-state index in [-0.39, 0.29) is 11.8 Å². The topological polar surface area (TPSA) is 113 Å². The third-order valence-electron chi connectivity index (χ3n) is 5.08. The highest BCUT2D eigenvalue weighted by molar-refractivity contribution is 7.11. The van der Waals surface area contributed by atoms with Crippen LogP contribution < -0.4 is 16.4 Å². The average Bonchev–Trinajstić information content (AvgIpc) is 3.45. The Kier molecular flexibility index (Phi) is 5.66. The molecule has 5 N–H and O–H groups in total. The van der Waals surface area contributed by atoms with Gasteiger partial charge in [-0.1, -0.05) is 30.8 Å². The molecule has 0 radical (unpaired) electrons. The highest BCUT2D eigenvalue weighted by Crippen LogP contribution is 2.38. The molecule has 0 saturated carbocycles. The zero-order valence-electron chi connectivity index (χ0n) is 16.9. The Morgan fingerprint density at radius 2 is 2.03 bits per heavy atom. The number of nitrogens with zero attached hydrogens (tertiary/aromatic N) is 1. The Morgan fingerprint density at radius 3 is 2.74 bits per heavy atom. The minimum Gasteiger partial charge on any atom is -0.359 e. The summed E-state index contributed by atoms with van der Waals surface area (Å²) in [5.41, 5.74) is 11.8. The molecule has 0 fully saturated rings. The number of aromatic amines is 1. The summed E-state index contributed by atoms with van der Waals surface area (Å²) >= 11 is 1.29. The molecule has 0 aliphatic rings. The van der Waals surface area contributed by atoms with Crippen molar-refractivity contribution >= 4 is 45.4 Å². The molecule has 8 heteroatoms. The normalized spacial score (nSPS) is 10.8. The van der Waals surface area contributed by atoms with Crippen LogP contribution in [-0.2, 0) is 11.3 Å². The molecule has 4 aromatic rings. The van der Waals surface area contributed by atoms with Crippen LogP contribution in [0.15, 0.2) is 60.8 Å². The molecule has 0 spiro atoms. The summed E-state index contributed by atoms with van der Waals surface area (Å²) in [6.45, 7) is 5.83. The van der Waals surface area contributed by atoms with Gasteiger partial charge in [0.25, 0.3) is 5.91 Å². The van der Waals surface area contributed by atoms with E-state index in [0.717, 1.165) is 33.2 Å². The number of carbonyl (C=O) groups excluding carboxylic acids is 2. The SMILES string of the molecule is C=CC(=O)Nc1c[nH]c2c(CN)ccc(-c3cccc(NC(=O)c4nccs4)c3C)c12. The summed E-state index contributed by atoms with van der Waals surface area (Å²) in [5.74, 6) is -0.550. The Bertz CT molecular complexity index is 1290. The number of fused-ring (bicyclic) bond motifs is 1. The van der Waals surface area contributed by atoms with Gasteiger partial charge in [-0.25, -0.2) is 4.98 Å². The number of H-pyrrole nitrogens is 1. The monoisotopic (exact) mass is 431 g/mol. The van der Waals surface area contributed by atoms with E-state index in [0.29, 0.717) is 22.9 Å². The van der Waals surface area contributed by atoms with Crippen LogP contribution in [-0.4, -0.2) is 21.8 Å². The van der Waals surface area contributed by atoms with Crippen molar-refractivity contribution < 1.29 is 9.59 Å². The predicted molar refractivity (Wildman–Crippen MR) is 125 cm³/mol. The van der Waals surface area contributed by atoms with Gasteiger partial charge in [-0.2, -0.15) is 0 Å².